The third-order valence-corrected chi connectivity index (χ3v) is 4.39. The Bertz CT molecular complexity index is 453. The largest absolute Gasteiger partial charge is 0.497 e. The number of methoxy groups -OCH3 is 1. The lowest BCUT2D eigenvalue weighted by atomic mass is 9.95. The summed E-state index contributed by atoms with van der Waals surface area (Å²) in [6.07, 6.45) is 5.11. The van der Waals surface area contributed by atoms with Gasteiger partial charge >= 0.3 is 0 Å². The monoisotopic (exact) mass is 304 g/mol. The molecule has 0 saturated carbocycles. The van der Waals surface area contributed by atoms with Gasteiger partial charge in [-0.3, -0.25) is 4.79 Å². The van der Waals surface area contributed by atoms with E-state index in [0.29, 0.717) is 0 Å². The van der Waals surface area contributed by atoms with Gasteiger partial charge in [-0.05, 0) is 50.0 Å². The number of amides is 1. The van der Waals surface area contributed by atoms with E-state index in [0.717, 1.165) is 56.5 Å². The van der Waals surface area contributed by atoms with Crippen LogP contribution in [0.3, 0.4) is 0 Å². The van der Waals surface area contributed by atoms with E-state index in [1.54, 1.807) is 7.11 Å². The Morgan fingerprint density at radius 1 is 1.32 bits per heavy atom. The number of carbonyl (C=O) groups excluding carboxylic acids is 1. The van der Waals surface area contributed by atoms with Crippen LogP contribution in [-0.2, 0) is 4.79 Å². The summed E-state index contributed by atoms with van der Waals surface area (Å²) in [6, 6.07) is 8.15. The minimum absolute atomic E-state index is 0.105. The highest BCUT2D eigenvalue weighted by Gasteiger charge is 2.23. The molecule has 1 aromatic rings. The summed E-state index contributed by atoms with van der Waals surface area (Å²) in [6.45, 7) is 4.07. The number of rotatable bonds is 7. The van der Waals surface area contributed by atoms with Crippen molar-refractivity contribution in [3.8, 4) is 5.75 Å². The molecular weight excluding hydrogens is 276 g/mol. The van der Waals surface area contributed by atoms with Gasteiger partial charge in [0.1, 0.15) is 5.75 Å². The maximum absolute atomic E-state index is 12.5. The molecule has 1 amide bonds. The Hall–Kier alpha value is -1.55. The van der Waals surface area contributed by atoms with Gasteiger partial charge in [0.05, 0.1) is 13.2 Å². The molecule has 1 saturated heterocycles. The molecule has 1 fully saturated rings. The van der Waals surface area contributed by atoms with Crippen molar-refractivity contribution in [2.24, 2.45) is 5.92 Å². The van der Waals surface area contributed by atoms with E-state index in [4.69, 9.17) is 4.74 Å². The van der Waals surface area contributed by atoms with Crippen LogP contribution in [0, 0.1) is 5.92 Å². The van der Waals surface area contributed by atoms with Gasteiger partial charge in [-0.25, -0.2) is 0 Å². The molecule has 22 heavy (non-hydrogen) atoms. The smallest absolute Gasteiger partial charge is 0.223 e. The standard InChI is InChI=1S/C18H28N2O2/c1-3-4-5-17(14-6-8-16(22-2)9-7-14)20-18(21)15-10-12-19-13-11-15/h6-9,15,17,19H,3-5,10-13H2,1-2H3,(H,20,21). The van der Waals surface area contributed by atoms with Crippen LogP contribution < -0.4 is 15.4 Å². The first kappa shape index (κ1) is 16.8. The van der Waals surface area contributed by atoms with Crippen LogP contribution in [0.1, 0.15) is 50.6 Å². The fourth-order valence-corrected chi connectivity index (χ4v) is 2.94. The fourth-order valence-electron chi connectivity index (χ4n) is 2.94. The minimum Gasteiger partial charge on any atom is -0.497 e. The molecule has 0 aliphatic carbocycles. The summed E-state index contributed by atoms with van der Waals surface area (Å²) >= 11 is 0. The first-order valence-corrected chi connectivity index (χ1v) is 8.39. The van der Waals surface area contributed by atoms with E-state index in [1.807, 2.05) is 12.1 Å². The molecule has 2 rings (SSSR count). The topological polar surface area (TPSA) is 50.4 Å². The van der Waals surface area contributed by atoms with Crippen molar-refractivity contribution >= 4 is 5.91 Å². The van der Waals surface area contributed by atoms with Crippen LogP contribution in [-0.4, -0.2) is 26.1 Å². The molecule has 1 aliphatic heterocycles. The maximum atomic E-state index is 12.5. The maximum Gasteiger partial charge on any atom is 0.223 e. The highest BCUT2D eigenvalue weighted by molar-refractivity contribution is 5.79. The first-order chi connectivity index (χ1) is 10.7. The van der Waals surface area contributed by atoms with Crippen molar-refractivity contribution in [2.75, 3.05) is 20.2 Å². The van der Waals surface area contributed by atoms with Crippen molar-refractivity contribution in [3.05, 3.63) is 29.8 Å². The molecule has 4 nitrogen and oxygen atoms in total. The SMILES string of the molecule is CCCCC(NC(=O)C1CCNCC1)c1ccc(OC)cc1. The third-order valence-electron chi connectivity index (χ3n) is 4.39. The predicted octanol–water partition coefficient (Wildman–Crippen LogP) is 3.04. The zero-order valence-electron chi connectivity index (χ0n) is 13.7. The van der Waals surface area contributed by atoms with Crippen molar-refractivity contribution in [3.63, 3.8) is 0 Å². The molecule has 122 valence electrons. The lowest BCUT2D eigenvalue weighted by Crippen LogP contribution is -2.39. The Kier molecular flexibility index (Phi) is 6.72. The molecule has 1 aromatic carbocycles. The summed E-state index contributed by atoms with van der Waals surface area (Å²) in [5.74, 6) is 1.21. The van der Waals surface area contributed by atoms with Crippen LogP contribution in [0.4, 0.5) is 0 Å². The number of ether oxygens (including phenoxy) is 1. The lowest BCUT2D eigenvalue weighted by molar-refractivity contribution is -0.126. The quantitative estimate of drug-likeness (QED) is 0.814. The van der Waals surface area contributed by atoms with Gasteiger partial charge in [-0.1, -0.05) is 31.9 Å². The zero-order valence-corrected chi connectivity index (χ0v) is 13.7. The number of carbonyl (C=O) groups is 1. The molecule has 0 spiro atoms. The van der Waals surface area contributed by atoms with Gasteiger partial charge in [-0.2, -0.15) is 0 Å². The Morgan fingerprint density at radius 2 is 2.00 bits per heavy atom. The summed E-state index contributed by atoms with van der Waals surface area (Å²) < 4.78 is 5.21. The first-order valence-electron chi connectivity index (χ1n) is 8.39. The van der Waals surface area contributed by atoms with Crippen molar-refractivity contribution in [1.82, 2.24) is 10.6 Å². The average Bonchev–Trinajstić information content (AvgIpc) is 2.59. The molecule has 2 N–H and O–H groups in total. The summed E-state index contributed by atoms with van der Waals surface area (Å²) in [5.41, 5.74) is 1.16. The van der Waals surface area contributed by atoms with Crippen LogP contribution in [0.2, 0.25) is 0 Å². The lowest BCUT2D eigenvalue weighted by Gasteiger charge is -2.26. The number of nitrogens with one attached hydrogen (secondary N) is 2. The highest BCUT2D eigenvalue weighted by Crippen LogP contribution is 2.23. The zero-order chi connectivity index (χ0) is 15.8. The molecule has 0 bridgehead atoms. The predicted molar refractivity (Wildman–Crippen MR) is 89.0 cm³/mol. The van der Waals surface area contributed by atoms with Gasteiger partial charge in [0, 0.05) is 5.92 Å². The van der Waals surface area contributed by atoms with Crippen LogP contribution in [0.15, 0.2) is 24.3 Å². The number of benzene rings is 1. The summed E-state index contributed by atoms with van der Waals surface area (Å²) in [5, 5.41) is 6.58. The number of unbranched alkanes of at least 4 members (excludes halogenated alkanes) is 1. The Balaban J connectivity index is 2.02. The second kappa shape index (κ2) is 8.79. The summed E-state index contributed by atoms with van der Waals surface area (Å²) in [4.78, 5) is 12.5. The molecule has 1 atom stereocenters. The van der Waals surface area contributed by atoms with Crippen LogP contribution in [0.5, 0.6) is 5.75 Å². The molecule has 0 radical (unpaired) electrons. The average molecular weight is 304 g/mol. The Morgan fingerprint density at radius 3 is 2.59 bits per heavy atom. The summed E-state index contributed by atoms with van der Waals surface area (Å²) in [7, 11) is 1.67. The second-order valence-corrected chi connectivity index (χ2v) is 6.00. The normalized spacial score (nSPS) is 17.0. The van der Waals surface area contributed by atoms with E-state index >= 15 is 0 Å². The van der Waals surface area contributed by atoms with E-state index in [1.165, 1.54) is 0 Å². The van der Waals surface area contributed by atoms with Gasteiger partial charge in [-0.15, -0.1) is 0 Å². The van der Waals surface area contributed by atoms with Gasteiger partial charge in [0.25, 0.3) is 0 Å². The highest BCUT2D eigenvalue weighted by atomic mass is 16.5. The fraction of sp³-hybridized carbons (Fsp3) is 0.611. The molecule has 1 unspecified atom stereocenters. The van der Waals surface area contributed by atoms with Crippen molar-refractivity contribution in [1.29, 1.82) is 0 Å². The number of hydrogen-bond donors (Lipinski definition) is 2. The molecule has 4 heteroatoms. The van der Waals surface area contributed by atoms with Crippen LogP contribution >= 0.6 is 0 Å². The van der Waals surface area contributed by atoms with E-state index < -0.39 is 0 Å². The molecule has 1 aliphatic rings. The van der Waals surface area contributed by atoms with Crippen molar-refractivity contribution < 1.29 is 9.53 Å². The van der Waals surface area contributed by atoms with Crippen molar-refractivity contribution in [2.45, 2.75) is 45.1 Å². The number of piperidine rings is 1. The second-order valence-electron chi connectivity index (χ2n) is 6.00. The van der Waals surface area contributed by atoms with Gasteiger partial charge in [0.15, 0.2) is 0 Å². The van der Waals surface area contributed by atoms with E-state index in [9.17, 15) is 4.79 Å². The number of hydrogen-bond acceptors (Lipinski definition) is 3. The third kappa shape index (κ3) is 4.73. The van der Waals surface area contributed by atoms with Crippen LogP contribution in [0.25, 0.3) is 0 Å². The minimum atomic E-state index is 0.105. The van der Waals surface area contributed by atoms with Gasteiger partial charge in [0.2, 0.25) is 5.91 Å². The molecular formula is C18H28N2O2. The van der Waals surface area contributed by atoms with E-state index in [-0.39, 0.29) is 17.9 Å². The van der Waals surface area contributed by atoms with E-state index in [2.05, 4.69) is 29.7 Å². The molecule has 1 heterocycles. The Labute approximate surface area is 133 Å². The molecule has 0 aromatic heterocycles. The van der Waals surface area contributed by atoms with Gasteiger partial charge < -0.3 is 15.4 Å².